The van der Waals surface area contributed by atoms with E-state index in [-0.39, 0.29) is 6.04 Å². The van der Waals surface area contributed by atoms with Crippen LogP contribution in [0.4, 0.5) is 5.82 Å². The minimum Gasteiger partial charge on any atom is -0.383 e. The number of anilines is 1. The summed E-state index contributed by atoms with van der Waals surface area (Å²) in [5, 5.41) is 3.14. The molecule has 0 spiro atoms. The molecule has 0 radical (unpaired) electrons. The number of sulfonamides is 1. The van der Waals surface area contributed by atoms with Gasteiger partial charge in [0, 0.05) is 32.6 Å². The molecule has 0 saturated carbocycles. The van der Waals surface area contributed by atoms with Crippen LogP contribution in [0, 0.1) is 0 Å². The highest BCUT2D eigenvalue weighted by atomic mass is 32.2. The Labute approximate surface area is 119 Å². The maximum atomic E-state index is 11.8. The second kappa shape index (κ2) is 6.47. The number of nitrogens with one attached hydrogen (secondary N) is 1. The fourth-order valence-corrected chi connectivity index (χ4v) is 3.54. The Morgan fingerprint density at radius 1 is 1.45 bits per heavy atom. The Morgan fingerprint density at radius 2 is 2.20 bits per heavy atom. The van der Waals surface area contributed by atoms with Gasteiger partial charge in [-0.3, -0.25) is 4.98 Å². The highest BCUT2D eigenvalue weighted by Crippen LogP contribution is 2.35. The average Bonchev–Trinajstić information content (AvgIpc) is 2.89. The van der Waals surface area contributed by atoms with Crippen molar-refractivity contribution in [1.29, 1.82) is 0 Å². The van der Waals surface area contributed by atoms with Gasteiger partial charge in [-0.05, 0) is 12.8 Å². The highest BCUT2D eigenvalue weighted by Gasteiger charge is 2.35. The molecule has 1 fully saturated rings. The Bertz CT molecular complexity index is 549. The SMILES string of the molecule is COCCNc1nccnc1[C@H]1CCCN1S(C)(=O)=O. The molecule has 1 N–H and O–H groups in total. The van der Waals surface area contributed by atoms with Crippen LogP contribution in [0.3, 0.4) is 0 Å². The summed E-state index contributed by atoms with van der Waals surface area (Å²) >= 11 is 0. The minimum absolute atomic E-state index is 0.233. The maximum absolute atomic E-state index is 11.8. The van der Waals surface area contributed by atoms with E-state index >= 15 is 0 Å². The predicted molar refractivity (Wildman–Crippen MR) is 75.9 cm³/mol. The van der Waals surface area contributed by atoms with Crippen LogP contribution in [-0.2, 0) is 14.8 Å². The predicted octanol–water partition coefficient (Wildman–Crippen LogP) is 0.631. The highest BCUT2D eigenvalue weighted by molar-refractivity contribution is 7.88. The minimum atomic E-state index is -3.23. The summed E-state index contributed by atoms with van der Waals surface area (Å²) in [7, 11) is -1.60. The third-order valence-electron chi connectivity index (χ3n) is 3.27. The van der Waals surface area contributed by atoms with Gasteiger partial charge in [-0.1, -0.05) is 0 Å². The molecule has 8 heteroatoms. The molecule has 0 amide bonds. The molecular weight excluding hydrogens is 280 g/mol. The summed E-state index contributed by atoms with van der Waals surface area (Å²) in [6.45, 7) is 1.70. The number of rotatable bonds is 6. The molecule has 1 atom stereocenters. The van der Waals surface area contributed by atoms with E-state index in [2.05, 4.69) is 15.3 Å². The van der Waals surface area contributed by atoms with E-state index in [1.54, 1.807) is 19.5 Å². The first-order chi connectivity index (χ1) is 9.54. The third-order valence-corrected chi connectivity index (χ3v) is 4.56. The first-order valence-electron chi connectivity index (χ1n) is 6.54. The zero-order valence-corrected chi connectivity index (χ0v) is 12.6. The molecular formula is C12H20N4O3S. The lowest BCUT2D eigenvalue weighted by atomic mass is 10.1. The van der Waals surface area contributed by atoms with E-state index in [4.69, 9.17) is 4.74 Å². The lowest BCUT2D eigenvalue weighted by molar-refractivity contribution is 0.210. The average molecular weight is 300 g/mol. The van der Waals surface area contributed by atoms with Crippen molar-refractivity contribution < 1.29 is 13.2 Å². The van der Waals surface area contributed by atoms with E-state index in [1.807, 2.05) is 0 Å². The summed E-state index contributed by atoms with van der Waals surface area (Å²) < 4.78 is 30.1. The topological polar surface area (TPSA) is 84.4 Å². The van der Waals surface area contributed by atoms with E-state index in [1.165, 1.54) is 10.6 Å². The fraction of sp³-hybridized carbons (Fsp3) is 0.667. The standard InChI is InChI=1S/C12H20N4O3S/c1-19-9-7-15-12-11(13-5-6-14-12)10-4-3-8-16(10)20(2,17)18/h5-6,10H,3-4,7-9H2,1-2H3,(H,14,15)/t10-/m1/s1. The second-order valence-electron chi connectivity index (χ2n) is 4.74. The quantitative estimate of drug-likeness (QED) is 0.776. The van der Waals surface area contributed by atoms with Gasteiger partial charge in [0.1, 0.15) is 11.5 Å². The largest absolute Gasteiger partial charge is 0.383 e. The number of methoxy groups -OCH3 is 1. The summed E-state index contributed by atoms with van der Waals surface area (Å²) in [5.74, 6) is 0.630. The molecule has 1 aliphatic rings. The van der Waals surface area contributed by atoms with E-state index < -0.39 is 10.0 Å². The summed E-state index contributed by atoms with van der Waals surface area (Å²) in [6.07, 6.45) is 6.03. The van der Waals surface area contributed by atoms with E-state index in [0.29, 0.717) is 31.2 Å². The Morgan fingerprint density at radius 3 is 2.90 bits per heavy atom. The fourth-order valence-electron chi connectivity index (χ4n) is 2.41. The zero-order valence-electron chi connectivity index (χ0n) is 11.7. The van der Waals surface area contributed by atoms with Crippen LogP contribution in [0.25, 0.3) is 0 Å². The zero-order chi connectivity index (χ0) is 14.6. The summed E-state index contributed by atoms with van der Waals surface area (Å²) in [6, 6.07) is -0.233. The lowest BCUT2D eigenvalue weighted by Gasteiger charge is -2.23. The third kappa shape index (κ3) is 3.44. The smallest absolute Gasteiger partial charge is 0.211 e. The van der Waals surface area contributed by atoms with Gasteiger partial charge in [0.05, 0.1) is 18.9 Å². The van der Waals surface area contributed by atoms with Crippen LogP contribution in [0.5, 0.6) is 0 Å². The summed E-state index contributed by atoms with van der Waals surface area (Å²) in [4.78, 5) is 8.59. The van der Waals surface area contributed by atoms with Crippen molar-refractivity contribution in [3.05, 3.63) is 18.1 Å². The van der Waals surface area contributed by atoms with Crippen LogP contribution in [0.2, 0.25) is 0 Å². The normalized spacial score (nSPS) is 20.2. The van der Waals surface area contributed by atoms with Crippen molar-refractivity contribution >= 4 is 15.8 Å². The van der Waals surface area contributed by atoms with Crippen molar-refractivity contribution in [3.63, 3.8) is 0 Å². The van der Waals surface area contributed by atoms with Gasteiger partial charge in [-0.25, -0.2) is 13.4 Å². The molecule has 0 bridgehead atoms. The van der Waals surface area contributed by atoms with E-state index in [0.717, 1.165) is 12.8 Å². The molecule has 7 nitrogen and oxygen atoms in total. The molecule has 1 aromatic rings. The first kappa shape index (κ1) is 15.1. The van der Waals surface area contributed by atoms with Crippen molar-refractivity contribution in [1.82, 2.24) is 14.3 Å². The van der Waals surface area contributed by atoms with Gasteiger partial charge in [0.25, 0.3) is 0 Å². The molecule has 112 valence electrons. The van der Waals surface area contributed by atoms with Crippen LogP contribution < -0.4 is 5.32 Å². The lowest BCUT2D eigenvalue weighted by Crippen LogP contribution is -2.30. The summed E-state index contributed by atoms with van der Waals surface area (Å²) in [5.41, 5.74) is 0.687. The van der Waals surface area contributed by atoms with Gasteiger partial charge < -0.3 is 10.1 Å². The van der Waals surface area contributed by atoms with Gasteiger partial charge in [0.2, 0.25) is 10.0 Å². The van der Waals surface area contributed by atoms with Crippen molar-refractivity contribution in [2.24, 2.45) is 0 Å². The maximum Gasteiger partial charge on any atom is 0.211 e. The number of hydrogen-bond acceptors (Lipinski definition) is 6. The Kier molecular flexibility index (Phi) is 4.90. The number of ether oxygens (including phenoxy) is 1. The number of hydrogen-bond donors (Lipinski definition) is 1. The number of aromatic nitrogens is 2. The van der Waals surface area contributed by atoms with E-state index in [9.17, 15) is 8.42 Å². The molecule has 2 heterocycles. The van der Waals surface area contributed by atoms with Crippen molar-refractivity contribution in [3.8, 4) is 0 Å². The number of nitrogens with zero attached hydrogens (tertiary/aromatic N) is 3. The van der Waals surface area contributed by atoms with Crippen LogP contribution in [0.15, 0.2) is 12.4 Å². The van der Waals surface area contributed by atoms with Gasteiger partial charge in [-0.15, -0.1) is 0 Å². The van der Waals surface area contributed by atoms with Gasteiger partial charge in [0.15, 0.2) is 0 Å². The molecule has 20 heavy (non-hydrogen) atoms. The molecule has 0 unspecified atom stereocenters. The van der Waals surface area contributed by atoms with Crippen LogP contribution in [-0.4, -0.2) is 55.8 Å². The molecule has 1 saturated heterocycles. The van der Waals surface area contributed by atoms with Crippen LogP contribution in [0.1, 0.15) is 24.6 Å². The molecule has 2 rings (SSSR count). The molecule has 1 aromatic heterocycles. The molecule has 1 aliphatic heterocycles. The first-order valence-corrected chi connectivity index (χ1v) is 8.39. The van der Waals surface area contributed by atoms with Crippen molar-refractivity contribution in [2.45, 2.75) is 18.9 Å². The monoisotopic (exact) mass is 300 g/mol. The Balaban J connectivity index is 2.23. The Hall–Kier alpha value is -1.25. The molecule has 0 aromatic carbocycles. The van der Waals surface area contributed by atoms with Crippen LogP contribution >= 0.6 is 0 Å². The second-order valence-corrected chi connectivity index (χ2v) is 6.68. The van der Waals surface area contributed by atoms with Gasteiger partial charge >= 0.3 is 0 Å². The van der Waals surface area contributed by atoms with Gasteiger partial charge in [-0.2, -0.15) is 4.31 Å². The van der Waals surface area contributed by atoms with Crippen molar-refractivity contribution in [2.75, 3.05) is 38.4 Å². The molecule has 0 aliphatic carbocycles.